The van der Waals surface area contributed by atoms with Gasteiger partial charge in [-0.3, -0.25) is 24.3 Å². The monoisotopic (exact) mass is 463 g/mol. The van der Waals surface area contributed by atoms with Gasteiger partial charge in [0, 0.05) is 38.5 Å². The van der Waals surface area contributed by atoms with E-state index >= 15 is 0 Å². The number of carbonyl (C=O) groups excluding carboxylic acids is 2. The lowest BCUT2D eigenvalue weighted by Crippen LogP contribution is -2.56. The molecule has 172 valence electrons. The number of methoxy groups -OCH3 is 1. The Morgan fingerprint density at radius 2 is 2.22 bits per heavy atom. The second kappa shape index (κ2) is 11.1. The smallest absolute Gasteiger partial charge is 0.320 e. The average molecular weight is 464 g/mol. The predicted octanol–water partition coefficient (Wildman–Crippen LogP) is 0.611. The highest BCUT2D eigenvalue weighted by molar-refractivity contribution is 6.33. The van der Waals surface area contributed by atoms with Crippen LogP contribution in [0.15, 0.2) is 35.3 Å². The van der Waals surface area contributed by atoms with Crippen LogP contribution in [0.5, 0.6) is 0 Å². The van der Waals surface area contributed by atoms with Crippen molar-refractivity contribution in [2.24, 2.45) is 0 Å². The van der Waals surface area contributed by atoms with E-state index in [-0.39, 0.29) is 47.7 Å². The van der Waals surface area contributed by atoms with Gasteiger partial charge in [-0.1, -0.05) is 17.7 Å². The first kappa shape index (κ1) is 23.7. The van der Waals surface area contributed by atoms with Crippen LogP contribution in [0.4, 0.5) is 5.82 Å². The average Bonchev–Trinajstić information content (AvgIpc) is 2.78. The summed E-state index contributed by atoms with van der Waals surface area (Å²) < 4.78 is 10.8. The summed E-state index contributed by atoms with van der Waals surface area (Å²) in [6, 6.07) is 6.50. The minimum atomic E-state index is -0.621. The zero-order valence-corrected chi connectivity index (χ0v) is 18.4. The summed E-state index contributed by atoms with van der Waals surface area (Å²) in [5.41, 5.74) is 5.66. The van der Waals surface area contributed by atoms with Gasteiger partial charge < -0.3 is 25.5 Å². The summed E-state index contributed by atoms with van der Waals surface area (Å²) in [5, 5.41) is 2.91. The number of carbonyl (C=O) groups is 2. The number of aromatic nitrogens is 2. The maximum atomic E-state index is 12.6. The summed E-state index contributed by atoms with van der Waals surface area (Å²) in [4.78, 5) is 45.2. The molecular formula is C21H26ClN5O5. The third-order valence-electron chi connectivity index (χ3n) is 5.23. The first-order chi connectivity index (χ1) is 15.4. The molecule has 0 spiro atoms. The van der Waals surface area contributed by atoms with Crippen LogP contribution < -0.4 is 16.6 Å². The minimum Gasteiger partial charge on any atom is -0.464 e. The number of nitrogen functional groups attached to an aromatic ring is 1. The third-order valence-corrected chi connectivity index (χ3v) is 5.54. The molecule has 3 heterocycles. The molecule has 2 aromatic rings. The maximum Gasteiger partial charge on any atom is 0.320 e. The largest absolute Gasteiger partial charge is 0.464 e. The molecule has 3 rings (SSSR count). The quantitative estimate of drug-likeness (QED) is 0.484. The molecule has 0 aromatic carbocycles. The van der Waals surface area contributed by atoms with Gasteiger partial charge in [-0.05, 0) is 24.6 Å². The molecule has 11 heteroatoms. The number of aromatic amines is 1. The molecular weight excluding hydrogens is 438 g/mol. The fourth-order valence-corrected chi connectivity index (χ4v) is 3.66. The highest BCUT2D eigenvalue weighted by Crippen LogP contribution is 2.17. The maximum absolute atomic E-state index is 12.6. The summed E-state index contributed by atoms with van der Waals surface area (Å²) >= 11 is 5.91. The second-order valence-electron chi connectivity index (χ2n) is 7.44. The Kier molecular flexibility index (Phi) is 8.20. The predicted molar refractivity (Wildman–Crippen MR) is 118 cm³/mol. The first-order valence-electron chi connectivity index (χ1n) is 10.2. The molecule has 1 saturated heterocycles. The van der Waals surface area contributed by atoms with Crippen molar-refractivity contribution in [1.29, 1.82) is 0 Å². The highest BCUT2D eigenvalue weighted by atomic mass is 35.5. The number of halogens is 1. The molecule has 0 saturated carbocycles. The Morgan fingerprint density at radius 3 is 2.94 bits per heavy atom. The summed E-state index contributed by atoms with van der Waals surface area (Å²) in [5.74, 6) is -0.896. The van der Waals surface area contributed by atoms with E-state index in [0.29, 0.717) is 25.9 Å². The van der Waals surface area contributed by atoms with Gasteiger partial charge in [-0.2, -0.15) is 0 Å². The number of nitrogens with two attached hydrogens (primary N) is 1. The third kappa shape index (κ3) is 6.28. The molecule has 1 fully saturated rings. The van der Waals surface area contributed by atoms with Gasteiger partial charge in [-0.25, -0.2) is 0 Å². The molecule has 0 radical (unpaired) electrons. The normalized spacial score (nSPS) is 18.8. The van der Waals surface area contributed by atoms with E-state index in [1.54, 1.807) is 6.20 Å². The number of nitrogens with one attached hydrogen (secondary N) is 2. The number of hydrogen-bond donors (Lipinski definition) is 3. The Hall–Kier alpha value is -2.95. The zero-order chi connectivity index (χ0) is 23.1. The van der Waals surface area contributed by atoms with Gasteiger partial charge in [-0.15, -0.1) is 0 Å². The number of piperidine rings is 1. The lowest BCUT2D eigenvalue weighted by Gasteiger charge is -2.37. The second-order valence-corrected chi connectivity index (χ2v) is 7.85. The van der Waals surface area contributed by atoms with Gasteiger partial charge in [0.05, 0.1) is 30.3 Å². The van der Waals surface area contributed by atoms with Crippen LogP contribution in [0.1, 0.15) is 22.5 Å². The summed E-state index contributed by atoms with van der Waals surface area (Å²) in [6.07, 6.45) is 2.42. The minimum absolute atomic E-state index is 0.00297. The van der Waals surface area contributed by atoms with Crippen LogP contribution in [-0.4, -0.2) is 72.2 Å². The van der Waals surface area contributed by atoms with Crippen molar-refractivity contribution in [2.45, 2.75) is 25.0 Å². The van der Waals surface area contributed by atoms with Crippen LogP contribution in [0.3, 0.4) is 0 Å². The lowest BCUT2D eigenvalue weighted by molar-refractivity contribution is -0.145. The van der Waals surface area contributed by atoms with Crippen LogP contribution in [0, 0.1) is 0 Å². The van der Waals surface area contributed by atoms with E-state index < -0.39 is 11.5 Å². The fraction of sp³-hybridized carbons (Fsp3) is 0.429. The van der Waals surface area contributed by atoms with Gasteiger partial charge in [0.15, 0.2) is 0 Å². The van der Waals surface area contributed by atoms with E-state index in [0.717, 1.165) is 5.69 Å². The van der Waals surface area contributed by atoms with Crippen molar-refractivity contribution < 1.29 is 19.1 Å². The van der Waals surface area contributed by atoms with E-state index in [1.165, 1.54) is 13.2 Å². The zero-order valence-electron chi connectivity index (χ0n) is 17.7. The fourth-order valence-electron chi connectivity index (χ4n) is 3.51. The van der Waals surface area contributed by atoms with E-state index in [2.05, 4.69) is 15.3 Å². The number of anilines is 1. The number of H-pyrrole nitrogens is 1. The van der Waals surface area contributed by atoms with Crippen molar-refractivity contribution >= 4 is 29.3 Å². The van der Waals surface area contributed by atoms with Crippen molar-refractivity contribution in [3.8, 4) is 0 Å². The number of rotatable bonds is 8. The van der Waals surface area contributed by atoms with Crippen LogP contribution in [-0.2, 0) is 20.7 Å². The van der Waals surface area contributed by atoms with E-state index in [9.17, 15) is 14.4 Å². The Balaban J connectivity index is 1.49. The molecule has 10 nitrogen and oxygen atoms in total. The molecule has 32 heavy (non-hydrogen) atoms. The van der Waals surface area contributed by atoms with Crippen LogP contribution >= 0.6 is 11.6 Å². The molecule has 1 aliphatic heterocycles. The van der Waals surface area contributed by atoms with Gasteiger partial charge in [0.1, 0.15) is 11.4 Å². The standard InChI is InChI=1S/C21H26ClN5O5/c1-31-17-11-27(12-18(28)32-9-6-13-4-2-3-7-24-13)8-5-16(17)25-20(29)14-10-15(22)19(23)26-21(14)30/h2-4,7,10,16-17H,5-6,8-9,11-12H2,1H3,(H,25,29)(H3,23,26,30)/t16-,17+/m0/s1. The van der Waals surface area contributed by atoms with E-state index in [1.807, 2.05) is 23.1 Å². The number of esters is 1. The molecule has 2 atom stereocenters. The molecule has 0 aliphatic carbocycles. The number of nitrogens with zero attached hydrogens (tertiary/aromatic N) is 2. The Bertz CT molecular complexity index is 1000. The van der Waals surface area contributed by atoms with Gasteiger partial charge in [0.25, 0.3) is 11.5 Å². The summed E-state index contributed by atoms with van der Waals surface area (Å²) in [6.45, 7) is 1.36. The van der Waals surface area contributed by atoms with Crippen molar-refractivity contribution in [1.82, 2.24) is 20.2 Å². The topological polar surface area (TPSA) is 140 Å². The van der Waals surface area contributed by atoms with Crippen LogP contribution in [0.2, 0.25) is 5.02 Å². The Morgan fingerprint density at radius 1 is 1.41 bits per heavy atom. The molecule has 2 aromatic heterocycles. The number of amides is 1. The van der Waals surface area contributed by atoms with Crippen molar-refractivity contribution in [3.05, 3.63) is 57.1 Å². The molecule has 0 bridgehead atoms. The molecule has 1 amide bonds. The van der Waals surface area contributed by atoms with Crippen molar-refractivity contribution in [3.63, 3.8) is 0 Å². The highest BCUT2D eigenvalue weighted by Gasteiger charge is 2.32. The van der Waals surface area contributed by atoms with Gasteiger partial charge >= 0.3 is 5.97 Å². The molecule has 1 aliphatic rings. The van der Waals surface area contributed by atoms with E-state index in [4.69, 9.17) is 26.8 Å². The molecule has 0 unspecified atom stereocenters. The van der Waals surface area contributed by atoms with Crippen molar-refractivity contribution in [2.75, 3.05) is 39.1 Å². The van der Waals surface area contributed by atoms with Crippen LogP contribution in [0.25, 0.3) is 0 Å². The number of ether oxygens (including phenoxy) is 2. The Labute approximate surface area is 190 Å². The number of hydrogen-bond acceptors (Lipinski definition) is 8. The lowest BCUT2D eigenvalue weighted by atomic mass is 10.0. The number of pyridine rings is 2. The number of likely N-dealkylation sites (tertiary alicyclic amines) is 1. The molecule has 4 N–H and O–H groups in total. The van der Waals surface area contributed by atoms with Gasteiger partial charge in [0.2, 0.25) is 0 Å². The first-order valence-corrected chi connectivity index (χ1v) is 10.5. The summed E-state index contributed by atoms with van der Waals surface area (Å²) in [7, 11) is 1.53. The SMILES string of the molecule is CO[C@@H]1CN(CC(=O)OCCc2ccccn2)CC[C@@H]1NC(=O)c1cc(Cl)c(N)[nH]c1=O.